The lowest BCUT2D eigenvalue weighted by atomic mass is 10.3. The van der Waals surface area contributed by atoms with Crippen molar-refractivity contribution in [2.45, 2.75) is 13.8 Å². The molecule has 0 aliphatic carbocycles. The van der Waals surface area contributed by atoms with E-state index in [-0.39, 0.29) is 5.91 Å². The Bertz CT molecular complexity index is 611. The van der Waals surface area contributed by atoms with E-state index < -0.39 is 0 Å². The van der Waals surface area contributed by atoms with Gasteiger partial charge in [-0.15, -0.1) is 0 Å². The Hall–Kier alpha value is -1.95. The van der Waals surface area contributed by atoms with Gasteiger partial charge < -0.3 is 10.2 Å². The zero-order valence-corrected chi connectivity index (χ0v) is 13.6. The molecule has 5 nitrogen and oxygen atoms in total. The zero-order chi connectivity index (χ0) is 15.2. The molecule has 0 radical (unpaired) electrons. The van der Waals surface area contributed by atoms with Gasteiger partial charge in [0.1, 0.15) is 0 Å². The van der Waals surface area contributed by atoms with Gasteiger partial charge in [-0.05, 0) is 41.9 Å². The third-order valence-corrected chi connectivity index (χ3v) is 3.76. The Balaban J connectivity index is 2.12. The number of nitrogens with zero attached hydrogens (tertiary/aromatic N) is 3. The summed E-state index contributed by atoms with van der Waals surface area (Å²) in [5, 5.41) is 3.10. The van der Waals surface area contributed by atoms with Crippen LogP contribution in [-0.2, 0) is 0 Å². The largest absolute Gasteiger partial charge is 0.339 e. The number of hydrogen-bond acceptors (Lipinski definition) is 4. The molecule has 21 heavy (non-hydrogen) atoms. The average Bonchev–Trinajstić information content (AvgIpc) is 2.51. The molecular formula is C15H17BrN4O. The van der Waals surface area contributed by atoms with Crippen molar-refractivity contribution in [3.63, 3.8) is 0 Å². The first kappa shape index (κ1) is 15.4. The molecule has 0 aliphatic rings. The molecule has 0 unspecified atom stereocenters. The molecule has 6 heteroatoms. The fourth-order valence-electron chi connectivity index (χ4n) is 1.88. The molecule has 110 valence electrons. The molecular weight excluding hydrogens is 332 g/mol. The molecule has 0 saturated carbocycles. The number of rotatable bonds is 5. The average molecular weight is 349 g/mol. The molecule has 2 rings (SSSR count). The molecule has 0 saturated heterocycles. The summed E-state index contributed by atoms with van der Waals surface area (Å²) in [4.78, 5) is 22.3. The van der Waals surface area contributed by atoms with Crippen molar-refractivity contribution in [1.29, 1.82) is 0 Å². The smallest absolute Gasteiger partial charge is 0.256 e. The summed E-state index contributed by atoms with van der Waals surface area (Å²) in [5.74, 6) is 0.408. The van der Waals surface area contributed by atoms with E-state index in [0.717, 1.165) is 10.2 Å². The Labute approximate surface area is 132 Å². The highest BCUT2D eigenvalue weighted by Gasteiger charge is 2.13. The van der Waals surface area contributed by atoms with E-state index in [1.807, 2.05) is 38.1 Å². The van der Waals surface area contributed by atoms with Crippen molar-refractivity contribution in [2.75, 3.05) is 18.4 Å². The molecule has 1 N–H and O–H groups in total. The Morgan fingerprint density at radius 2 is 1.81 bits per heavy atom. The maximum absolute atomic E-state index is 12.1. The number of nitrogens with one attached hydrogen (secondary N) is 1. The van der Waals surface area contributed by atoms with E-state index in [4.69, 9.17) is 0 Å². The van der Waals surface area contributed by atoms with Crippen LogP contribution in [0.4, 0.5) is 11.6 Å². The first-order valence-electron chi connectivity index (χ1n) is 6.78. The zero-order valence-electron chi connectivity index (χ0n) is 12.0. The van der Waals surface area contributed by atoms with E-state index in [1.165, 1.54) is 0 Å². The molecule has 0 spiro atoms. The molecule has 1 aromatic heterocycles. The monoisotopic (exact) mass is 348 g/mol. The summed E-state index contributed by atoms with van der Waals surface area (Å²) in [6, 6.07) is 7.70. The van der Waals surface area contributed by atoms with Gasteiger partial charge in [0.15, 0.2) is 0 Å². The topological polar surface area (TPSA) is 58.1 Å². The molecule has 0 aliphatic heterocycles. The lowest BCUT2D eigenvalue weighted by molar-refractivity contribution is 0.0772. The summed E-state index contributed by atoms with van der Waals surface area (Å²) in [5.41, 5.74) is 1.37. The van der Waals surface area contributed by atoms with Crippen molar-refractivity contribution < 1.29 is 4.79 Å². The Morgan fingerprint density at radius 3 is 2.38 bits per heavy atom. The standard InChI is InChI=1S/C15H17BrN4O/c1-3-20(4-2)14(21)11-9-17-15(18-10-11)19-13-8-6-5-7-12(13)16/h5-10H,3-4H2,1-2H3,(H,17,18,19). The maximum atomic E-state index is 12.1. The van der Waals surface area contributed by atoms with Gasteiger partial charge in [-0.25, -0.2) is 9.97 Å². The van der Waals surface area contributed by atoms with E-state index >= 15 is 0 Å². The van der Waals surface area contributed by atoms with Crippen LogP contribution in [0.5, 0.6) is 0 Å². The lowest BCUT2D eigenvalue weighted by Gasteiger charge is -2.18. The summed E-state index contributed by atoms with van der Waals surface area (Å²) in [7, 11) is 0. The Kier molecular flexibility index (Phi) is 5.27. The van der Waals surface area contributed by atoms with Crippen molar-refractivity contribution >= 4 is 33.5 Å². The second kappa shape index (κ2) is 7.17. The number of carbonyl (C=O) groups excluding carboxylic acids is 1. The minimum Gasteiger partial charge on any atom is -0.339 e. The van der Waals surface area contributed by atoms with E-state index in [2.05, 4.69) is 31.2 Å². The van der Waals surface area contributed by atoms with Gasteiger partial charge in [0.25, 0.3) is 5.91 Å². The minimum atomic E-state index is -0.0487. The van der Waals surface area contributed by atoms with Gasteiger partial charge >= 0.3 is 0 Å². The summed E-state index contributed by atoms with van der Waals surface area (Å²) >= 11 is 3.45. The van der Waals surface area contributed by atoms with Crippen LogP contribution in [0, 0.1) is 0 Å². The molecule has 1 heterocycles. The van der Waals surface area contributed by atoms with Crippen LogP contribution < -0.4 is 5.32 Å². The predicted octanol–water partition coefficient (Wildman–Crippen LogP) is 3.46. The second-order valence-corrected chi connectivity index (χ2v) is 5.23. The minimum absolute atomic E-state index is 0.0487. The first-order valence-corrected chi connectivity index (χ1v) is 7.57. The molecule has 0 atom stereocenters. The van der Waals surface area contributed by atoms with Crippen molar-refractivity contribution in [3.8, 4) is 0 Å². The van der Waals surface area contributed by atoms with Crippen LogP contribution in [0.2, 0.25) is 0 Å². The normalized spacial score (nSPS) is 10.2. The molecule has 1 aromatic carbocycles. The van der Waals surface area contributed by atoms with Crippen LogP contribution >= 0.6 is 15.9 Å². The van der Waals surface area contributed by atoms with Gasteiger partial charge in [0.05, 0.1) is 11.3 Å². The first-order chi connectivity index (χ1) is 10.2. The van der Waals surface area contributed by atoms with Crippen LogP contribution in [-0.4, -0.2) is 33.9 Å². The van der Waals surface area contributed by atoms with E-state index in [9.17, 15) is 4.79 Å². The quantitative estimate of drug-likeness (QED) is 0.898. The van der Waals surface area contributed by atoms with Crippen LogP contribution in [0.25, 0.3) is 0 Å². The molecule has 0 fully saturated rings. The van der Waals surface area contributed by atoms with Crippen LogP contribution in [0.1, 0.15) is 24.2 Å². The predicted molar refractivity (Wildman–Crippen MR) is 86.7 cm³/mol. The highest BCUT2D eigenvalue weighted by molar-refractivity contribution is 9.10. The number of anilines is 2. The third-order valence-electron chi connectivity index (χ3n) is 3.07. The van der Waals surface area contributed by atoms with Crippen molar-refractivity contribution in [1.82, 2.24) is 14.9 Å². The van der Waals surface area contributed by atoms with Gasteiger partial charge in [0, 0.05) is 30.0 Å². The number of aromatic nitrogens is 2. The SMILES string of the molecule is CCN(CC)C(=O)c1cnc(Nc2ccccc2Br)nc1. The number of para-hydroxylation sites is 1. The maximum Gasteiger partial charge on any atom is 0.256 e. The highest BCUT2D eigenvalue weighted by atomic mass is 79.9. The second-order valence-electron chi connectivity index (χ2n) is 4.38. The number of halogens is 1. The number of benzene rings is 1. The number of carbonyl (C=O) groups is 1. The third kappa shape index (κ3) is 3.78. The highest BCUT2D eigenvalue weighted by Crippen LogP contribution is 2.23. The van der Waals surface area contributed by atoms with Crippen molar-refractivity contribution in [3.05, 3.63) is 46.7 Å². The van der Waals surface area contributed by atoms with E-state index in [1.54, 1.807) is 17.3 Å². The summed E-state index contributed by atoms with van der Waals surface area (Å²) in [6.07, 6.45) is 3.10. The lowest BCUT2D eigenvalue weighted by Crippen LogP contribution is -2.30. The van der Waals surface area contributed by atoms with E-state index in [0.29, 0.717) is 24.6 Å². The Morgan fingerprint density at radius 1 is 1.19 bits per heavy atom. The van der Waals surface area contributed by atoms with Crippen LogP contribution in [0.3, 0.4) is 0 Å². The number of hydrogen-bond donors (Lipinski definition) is 1. The van der Waals surface area contributed by atoms with Crippen molar-refractivity contribution in [2.24, 2.45) is 0 Å². The fraction of sp³-hybridized carbons (Fsp3) is 0.267. The molecule has 1 amide bonds. The summed E-state index contributed by atoms with van der Waals surface area (Å²) < 4.78 is 0.928. The van der Waals surface area contributed by atoms with Gasteiger partial charge in [0.2, 0.25) is 5.95 Å². The van der Waals surface area contributed by atoms with Gasteiger partial charge in [-0.1, -0.05) is 12.1 Å². The fourth-order valence-corrected chi connectivity index (χ4v) is 2.26. The van der Waals surface area contributed by atoms with Gasteiger partial charge in [-0.2, -0.15) is 0 Å². The molecule has 2 aromatic rings. The summed E-state index contributed by atoms with van der Waals surface area (Å²) in [6.45, 7) is 5.24. The molecule has 0 bridgehead atoms. The number of amides is 1. The van der Waals surface area contributed by atoms with Crippen LogP contribution in [0.15, 0.2) is 41.1 Å². The van der Waals surface area contributed by atoms with Gasteiger partial charge in [-0.3, -0.25) is 4.79 Å².